The maximum atomic E-state index is 11.1. The Morgan fingerprint density at radius 3 is 2.19 bits per heavy atom. The smallest absolute Gasteiger partial charge is 0.306 e. The first-order valence-corrected chi connectivity index (χ1v) is 5.53. The Labute approximate surface area is 94.6 Å². The summed E-state index contributed by atoms with van der Waals surface area (Å²) in [6, 6.07) is 0. The minimum atomic E-state index is -1.16. The Hall–Kier alpha value is -1.32. The second kappa shape index (κ2) is 3.61. The molecule has 3 atom stereocenters. The van der Waals surface area contributed by atoms with Crippen molar-refractivity contribution < 1.29 is 19.1 Å². The molecule has 0 aliphatic heterocycles. The van der Waals surface area contributed by atoms with Gasteiger partial charge in [0, 0.05) is 19.8 Å². The molecular formula is C12H16O4. The van der Waals surface area contributed by atoms with Crippen LogP contribution in [0, 0.1) is 17.8 Å². The predicted octanol–water partition coefficient (Wildman–Crippen LogP) is 1.65. The van der Waals surface area contributed by atoms with E-state index in [1.807, 2.05) is 6.08 Å². The van der Waals surface area contributed by atoms with Crippen molar-refractivity contribution in [1.29, 1.82) is 0 Å². The third-order valence-corrected chi connectivity index (χ3v) is 3.54. The number of esters is 2. The summed E-state index contributed by atoms with van der Waals surface area (Å²) in [5, 5.41) is 0. The lowest BCUT2D eigenvalue weighted by molar-refractivity contribution is -0.251. The van der Waals surface area contributed by atoms with Crippen LogP contribution in [0.3, 0.4) is 0 Å². The Kier molecular flexibility index (Phi) is 2.52. The second-order valence-corrected chi connectivity index (χ2v) is 4.63. The van der Waals surface area contributed by atoms with Crippen molar-refractivity contribution in [1.82, 2.24) is 0 Å². The number of rotatable bonds is 2. The van der Waals surface area contributed by atoms with Gasteiger partial charge in [0.25, 0.3) is 5.79 Å². The SMILES string of the molecule is CC(=O)OC1(OC(C)=O)C=C[C@H]2C[C@@H]1C2C. The molecule has 2 bridgehead atoms. The molecule has 1 saturated carbocycles. The van der Waals surface area contributed by atoms with Gasteiger partial charge in [-0.25, -0.2) is 0 Å². The molecule has 0 aromatic rings. The van der Waals surface area contributed by atoms with Crippen molar-refractivity contribution in [3.8, 4) is 0 Å². The highest BCUT2D eigenvalue weighted by Crippen LogP contribution is 2.53. The van der Waals surface area contributed by atoms with Crippen LogP contribution in [0.15, 0.2) is 12.2 Å². The monoisotopic (exact) mass is 224 g/mol. The Bertz CT molecular complexity index is 342. The molecule has 0 amide bonds. The molecule has 0 heterocycles. The molecule has 1 unspecified atom stereocenters. The van der Waals surface area contributed by atoms with Crippen molar-refractivity contribution >= 4 is 11.9 Å². The molecule has 3 aliphatic carbocycles. The predicted molar refractivity (Wildman–Crippen MR) is 56.2 cm³/mol. The van der Waals surface area contributed by atoms with Crippen LogP contribution in [-0.2, 0) is 19.1 Å². The van der Waals surface area contributed by atoms with Crippen LogP contribution in [0.5, 0.6) is 0 Å². The lowest BCUT2D eigenvalue weighted by Crippen LogP contribution is -2.56. The molecule has 0 saturated heterocycles. The van der Waals surface area contributed by atoms with Gasteiger partial charge in [-0.1, -0.05) is 13.0 Å². The molecule has 88 valence electrons. The van der Waals surface area contributed by atoms with Gasteiger partial charge in [-0.3, -0.25) is 9.59 Å². The van der Waals surface area contributed by atoms with Crippen molar-refractivity contribution in [3.63, 3.8) is 0 Å². The van der Waals surface area contributed by atoms with Crippen LogP contribution in [-0.4, -0.2) is 17.7 Å². The maximum Gasteiger partial charge on any atom is 0.306 e. The largest absolute Gasteiger partial charge is 0.418 e. The lowest BCUT2D eigenvalue weighted by Gasteiger charge is -2.52. The summed E-state index contributed by atoms with van der Waals surface area (Å²) in [6.45, 7) is 4.74. The van der Waals surface area contributed by atoms with Crippen LogP contribution in [0.1, 0.15) is 27.2 Å². The van der Waals surface area contributed by atoms with Crippen molar-refractivity contribution in [2.75, 3.05) is 0 Å². The molecular weight excluding hydrogens is 208 g/mol. The molecule has 16 heavy (non-hydrogen) atoms. The lowest BCUT2D eigenvalue weighted by atomic mass is 9.58. The van der Waals surface area contributed by atoms with Crippen LogP contribution in [0.2, 0.25) is 0 Å². The first-order valence-electron chi connectivity index (χ1n) is 5.53. The van der Waals surface area contributed by atoms with E-state index in [-0.39, 0.29) is 5.92 Å². The summed E-state index contributed by atoms with van der Waals surface area (Å²) in [5.41, 5.74) is 0. The number of fused-ring (bicyclic) bond motifs is 1. The van der Waals surface area contributed by atoms with Gasteiger partial charge in [0.2, 0.25) is 0 Å². The molecule has 0 aromatic heterocycles. The normalized spacial score (nSPS) is 33.8. The minimum absolute atomic E-state index is 0.0929. The van der Waals surface area contributed by atoms with Crippen LogP contribution in [0.4, 0.5) is 0 Å². The fourth-order valence-electron chi connectivity index (χ4n) is 2.68. The van der Waals surface area contributed by atoms with E-state index in [1.165, 1.54) is 13.8 Å². The Morgan fingerprint density at radius 1 is 1.25 bits per heavy atom. The third kappa shape index (κ3) is 1.62. The summed E-state index contributed by atoms with van der Waals surface area (Å²) in [5.74, 6) is -0.999. The van der Waals surface area contributed by atoms with Crippen LogP contribution in [0.25, 0.3) is 0 Å². The van der Waals surface area contributed by atoms with Gasteiger partial charge in [0.05, 0.1) is 0 Å². The summed E-state index contributed by atoms with van der Waals surface area (Å²) < 4.78 is 10.5. The van der Waals surface area contributed by atoms with Crippen LogP contribution >= 0.6 is 0 Å². The summed E-state index contributed by atoms with van der Waals surface area (Å²) in [7, 11) is 0. The number of ether oxygens (including phenoxy) is 2. The first-order chi connectivity index (χ1) is 7.44. The number of carbonyl (C=O) groups is 2. The summed E-state index contributed by atoms with van der Waals surface area (Å²) >= 11 is 0. The third-order valence-electron chi connectivity index (χ3n) is 3.54. The van der Waals surface area contributed by atoms with Crippen molar-refractivity contribution in [2.45, 2.75) is 33.0 Å². The average molecular weight is 224 g/mol. The topological polar surface area (TPSA) is 52.6 Å². The van der Waals surface area contributed by atoms with E-state index in [0.717, 1.165) is 6.42 Å². The van der Waals surface area contributed by atoms with E-state index in [9.17, 15) is 9.59 Å². The number of hydrogen-bond acceptors (Lipinski definition) is 4. The van der Waals surface area contributed by atoms with Gasteiger partial charge >= 0.3 is 11.9 Å². The molecule has 0 aromatic carbocycles. The first kappa shape index (κ1) is 11.2. The minimum Gasteiger partial charge on any atom is -0.418 e. The fourth-order valence-corrected chi connectivity index (χ4v) is 2.68. The molecule has 0 spiro atoms. The highest BCUT2D eigenvalue weighted by Gasteiger charge is 2.56. The van der Waals surface area contributed by atoms with E-state index in [4.69, 9.17) is 9.47 Å². The van der Waals surface area contributed by atoms with Crippen molar-refractivity contribution in [2.24, 2.45) is 17.8 Å². The van der Waals surface area contributed by atoms with E-state index < -0.39 is 17.7 Å². The second-order valence-electron chi connectivity index (χ2n) is 4.63. The number of hydrogen-bond donors (Lipinski definition) is 0. The fraction of sp³-hybridized carbons (Fsp3) is 0.667. The maximum absolute atomic E-state index is 11.1. The molecule has 3 rings (SSSR count). The zero-order valence-electron chi connectivity index (χ0n) is 9.73. The molecule has 4 nitrogen and oxygen atoms in total. The number of allylic oxidation sites excluding steroid dienone is 1. The molecule has 4 heteroatoms. The standard InChI is InChI=1S/C12H16O4/c1-7-10-4-5-12(11(7)6-10,15-8(2)13)16-9(3)14/h4-5,7,10-11H,6H2,1-3H3/t7?,10-,11+/m0/s1. The zero-order valence-corrected chi connectivity index (χ0v) is 9.73. The van der Waals surface area contributed by atoms with Gasteiger partial charge < -0.3 is 9.47 Å². The summed E-state index contributed by atoms with van der Waals surface area (Å²) in [4.78, 5) is 22.2. The molecule has 0 N–H and O–H groups in total. The van der Waals surface area contributed by atoms with E-state index in [2.05, 4.69) is 6.92 Å². The average Bonchev–Trinajstić information content (AvgIpc) is 2.13. The van der Waals surface area contributed by atoms with E-state index >= 15 is 0 Å². The van der Waals surface area contributed by atoms with E-state index in [0.29, 0.717) is 11.8 Å². The van der Waals surface area contributed by atoms with Gasteiger partial charge in [-0.15, -0.1) is 0 Å². The quantitative estimate of drug-likeness (QED) is 0.406. The Morgan fingerprint density at radius 2 is 1.81 bits per heavy atom. The van der Waals surface area contributed by atoms with Gasteiger partial charge in [0.1, 0.15) is 0 Å². The molecule has 3 aliphatic rings. The zero-order chi connectivity index (χ0) is 11.9. The van der Waals surface area contributed by atoms with Crippen molar-refractivity contribution in [3.05, 3.63) is 12.2 Å². The number of carbonyl (C=O) groups excluding carboxylic acids is 2. The van der Waals surface area contributed by atoms with Crippen LogP contribution < -0.4 is 0 Å². The Balaban J connectivity index is 2.27. The molecule has 0 radical (unpaired) electrons. The summed E-state index contributed by atoms with van der Waals surface area (Å²) in [6.07, 6.45) is 4.61. The van der Waals surface area contributed by atoms with Gasteiger partial charge in [0.15, 0.2) is 0 Å². The van der Waals surface area contributed by atoms with Gasteiger partial charge in [-0.05, 0) is 24.3 Å². The van der Waals surface area contributed by atoms with Gasteiger partial charge in [-0.2, -0.15) is 0 Å². The highest BCUT2D eigenvalue weighted by atomic mass is 16.7. The van der Waals surface area contributed by atoms with E-state index in [1.54, 1.807) is 6.08 Å². The molecule has 1 fully saturated rings. The highest BCUT2D eigenvalue weighted by molar-refractivity contribution is 5.69.